The molecule has 0 aliphatic carbocycles. The van der Waals surface area contributed by atoms with E-state index in [0.29, 0.717) is 47.8 Å². The van der Waals surface area contributed by atoms with Gasteiger partial charge in [-0.15, -0.1) is 0 Å². The maximum atomic E-state index is 14.4. The molecule has 1 aliphatic rings. The van der Waals surface area contributed by atoms with Crippen molar-refractivity contribution in [2.45, 2.75) is 109 Å². The molecular formula is C44H67N7O6. The lowest BCUT2D eigenvalue weighted by atomic mass is 9.89. The van der Waals surface area contributed by atoms with Gasteiger partial charge in [-0.25, -0.2) is 0 Å². The van der Waals surface area contributed by atoms with Crippen molar-refractivity contribution in [3.8, 4) is 28.7 Å². The van der Waals surface area contributed by atoms with Crippen LogP contribution < -0.4 is 32.0 Å². The normalized spacial score (nSPS) is 17.1. The molecule has 0 unspecified atom stereocenters. The minimum atomic E-state index is -1.03. The molecule has 0 aromatic heterocycles. The zero-order chi connectivity index (χ0) is 41.6. The Morgan fingerprint density at radius 3 is 2.09 bits per heavy atom. The summed E-state index contributed by atoms with van der Waals surface area (Å²) in [4.78, 5) is 59.2. The number of nitrogens with two attached hydrogens (primary N) is 3. The van der Waals surface area contributed by atoms with Gasteiger partial charge in [0.1, 0.15) is 30.8 Å². The number of carbonyl (C=O) groups is 4. The van der Waals surface area contributed by atoms with Crippen molar-refractivity contribution < 1.29 is 28.7 Å². The molecule has 2 aromatic carbocycles. The van der Waals surface area contributed by atoms with E-state index in [0.717, 1.165) is 24.9 Å². The van der Waals surface area contributed by atoms with Crippen molar-refractivity contribution in [1.82, 2.24) is 15.1 Å². The van der Waals surface area contributed by atoms with Crippen LogP contribution in [0.5, 0.6) is 11.5 Å². The van der Waals surface area contributed by atoms with Crippen LogP contribution >= 0.6 is 0 Å². The summed E-state index contributed by atoms with van der Waals surface area (Å²) in [7, 11) is 1.63. The first-order chi connectivity index (χ1) is 27.6. The van der Waals surface area contributed by atoms with Crippen molar-refractivity contribution in [2.24, 2.45) is 23.1 Å². The largest absolute Gasteiger partial charge is 0.492 e. The molecular weight excluding hydrogens is 723 g/mol. The Bertz CT molecular complexity index is 1630. The number of Topliss-reactive ketones (excluding diaryl/α,β-unsaturated/α-hetero) is 2. The number of carbonyl (C=O) groups excluding carboxylic acids is 4. The van der Waals surface area contributed by atoms with Crippen molar-refractivity contribution in [2.75, 3.05) is 59.5 Å². The quantitative estimate of drug-likeness (QED) is 0.106. The topological polar surface area (TPSA) is 207 Å². The van der Waals surface area contributed by atoms with Gasteiger partial charge in [-0.3, -0.25) is 19.2 Å². The smallest absolute Gasteiger partial charge is 0.224 e. The Kier molecular flexibility index (Phi) is 21.3. The summed E-state index contributed by atoms with van der Waals surface area (Å²) in [6, 6.07) is 10.9. The number of likely N-dealkylation sites (N-methyl/N-ethyl adjacent to an activating group) is 1. The monoisotopic (exact) mass is 790 g/mol. The zero-order valence-electron chi connectivity index (χ0n) is 34.6. The molecule has 0 fully saturated rings. The number of unbranched alkanes of at least 4 members (excludes halogenated alkanes) is 7. The zero-order valence-corrected chi connectivity index (χ0v) is 34.6. The number of nitriles is 1. The highest BCUT2D eigenvalue weighted by atomic mass is 16.5. The van der Waals surface area contributed by atoms with Gasteiger partial charge in [0.15, 0.2) is 11.6 Å². The Morgan fingerprint density at radius 1 is 0.825 bits per heavy atom. The highest BCUT2D eigenvalue weighted by Gasteiger charge is 2.33. The van der Waals surface area contributed by atoms with Crippen LogP contribution in [0.4, 0.5) is 0 Å². The SMILES string of the molecule is CCCCCCCCCCN(CCN)CCC(=O)N(C)[C@@H]1C(=O)C[C@@H](C)C(=O)N[C@H](C(=O)CCC#N)Cc2ccc(OCCN)c(c2)-c2cc1ccc2OCCN. The Hall–Kier alpha value is -4.35. The van der Waals surface area contributed by atoms with Crippen LogP contribution in [-0.2, 0) is 25.6 Å². The molecule has 3 atom stereocenters. The molecule has 3 rings (SSSR count). The average Bonchev–Trinajstić information content (AvgIpc) is 3.20. The third-order valence-corrected chi connectivity index (χ3v) is 10.5. The van der Waals surface area contributed by atoms with Gasteiger partial charge < -0.3 is 41.8 Å². The molecule has 1 aliphatic heterocycles. The first-order valence-corrected chi connectivity index (χ1v) is 20.9. The number of amides is 2. The predicted octanol–water partition coefficient (Wildman–Crippen LogP) is 4.83. The Balaban J connectivity index is 2.02. The fourth-order valence-corrected chi connectivity index (χ4v) is 7.27. The second-order valence-corrected chi connectivity index (χ2v) is 15.1. The van der Waals surface area contributed by atoms with E-state index in [-0.39, 0.29) is 75.9 Å². The number of nitrogens with one attached hydrogen (secondary N) is 1. The van der Waals surface area contributed by atoms with Crippen LogP contribution in [0.1, 0.15) is 108 Å². The van der Waals surface area contributed by atoms with Gasteiger partial charge >= 0.3 is 0 Å². The fraction of sp³-hybridized carbons (Fsp3) is 0.614. The Labute approximate surface area is 340 Å². The third-order valence-electron chi connectivity index (χ3n) is 10.5. The molecule has 13 heteroatoms. The van der Waals surface area contributed by atoms with Gasteiger partial charge in [-0.1, -0.05) is 70.9 Å². The van der Waals surface area contributed by atoms with Crippen molar-refractivity contribution in [1.29, 1.82) is 5.26 Å². The van der Waals surface area contributed by atoms with Crippen LogP contribution in [0.25, 0.3) is 11.1 Å². The summed E-state index contributed by atoms with van der Waals surface area (Å²) in [6.07, 6.45) is 9.82. The number of rotatable bonds is 24. The predicted molar refractivity (Wildman–Crippen MR) is 223 cm³/mol. The summed E-state index contributed by atoms with van der Waals surface area (Å²) < 4.78 is 12.2. The van der Waals surface area contributed by atoms with Crippen LogP contribution in [-0.4, -0.2) is 98.8 Å². The first-order valence-electron chi connectivity index (χ1n) is 20.9. The molecule has 314 valence electrons. The number of nitrogens with zero attached hydrogens (tertiary/aromatic N) is 3. The van der Waals surface area contributed by atoms with E-state index in [4.69, 9.17) is 26.7 Å². The molecule has 0 spiro atoms. The number of ketones is 2. The summed E-state index contributed by atoms with van der Waals surface area (Å²) >= 11 is 0. The van der Waals surface area contributed by atoms with Crippen molar-refractivity contribution in [3.63, 3.8) is 0 Å². The molecule has 0 saturated carbocycles. The van der Waals surface area contributed by atoms with Gasteiger partial charge in [0, 0.05) is 82.5 Å². The Morgan fingerprint density at radius 2 is 1.46 bits per heavy atom. The minimum absolute atomic E-state index is 0.0101. The second-order valence-electron chi connectivity index (χ2n) is 15.1. The lowest BCUT2D eigenvalue weighted by molar-refractivity contribution is -0.140. The van der Waals surface area contributed by atoms with E-state index in [1.807, 2.05) is 24.3 Å². The van der Waals surface area contributed by atoms with Crippen LogP contribution in [0.2, 0.25) is 0 Å². The highest BCUT2D eigenvalue weighted by Crippen LogP contribution is 2.40. The number of benzene rings is 2. The van der Waals surface area contributed by atoms with Gasteiger partial charge in [0.05, 0.1) is 12.1 Å². The van der Waals surface area contributed by atoms with Gasteiger partial charge in [-0.2, -0.15) is 5.26 Å². The molecule has 4 bridgehead atoms. The molecule has 0 saturated heterocycles. The maximum Gasteiger partial charge on any atom is 0.224 e. The molecule has 2 aromatic rings. The fourth-order valence-electron chi connectivity index (χ4n) is 7.27. The van der Waals surface area contributed by atoms with Crippen molar-refractivity contribution >= 4 is 23.4 Å². The second kappa shape index (κ2) is 25.8. The lowest BCUT2D eigenvalue weighted by Gasteiger charge is -2.31. The van der Waals surface area contributed by atoms with Gasteiger partial charge in [0.2, 0.25) is 11.8 Å². The van der Waals surface area contributed by atoms with E-state index in [2.05, 4.69) is 17.1 Å². The third kappa shape index (κ3) is 15.2. The summed E-state index contributed by atoms with van der Waals surface area (Å²) in [6.45, 7) is 7.35. The van der Waals surface area contributed by atoms with E-state index >= 15 is 0 Å². The van der Waals surface area contributed by atoms with Gasteiger partial charge in [0.25, 0.3) is 0 Å². The highest BCUT2D eigenvalue weighted by molar-refractivity contribution is 5.95. The molecule has 2 amide bonds. The van der Waals surface area contributed by atoms with Gasteiger partial charge in [-0.05, 0) is 54.8 Å². The van der Waals surface area contributed by atoms with Crippen LogP contribution in [0.3, 0.4) is 0 Å². The molecule has 1 heterocycles. The minimum Gasteiger partial charge on any atom is -0.492 e. The number of ether oxygens (including phenoxy) is 2. The van der Waals surface area contributed by atoms with E-state index in [1.165, 1.54) is 43.4 Å². The van der Waals surface area contributed by atoms with Crippen molar-refractivity contribution in [3.05, 3.63) is 47.5 Å². The standard InChI is InChI=1S/C44H67N7O6/c1-4-5-6-7-8-9-10-11-23-51(25-20-46)24-18-42(54)50(3)43-34-15-17-41(57-27-22-48)36(31-34)35-29-33(14-16-40(35)56-26-21-47)30-37(38(52)13-12-19-45)49-44(55)32(2)28-39(43)53/h14-17,29,31-32,37,43H,4-13,18,20-28,30,46-48H2,1-3H3,(H,49,55)/t32-,37+,43+/m1/s1. The summed E-state index contributed by atoms with van der Waals surface area (Å²) in [5.74, 6) is -1.11. The average molecular weight is 790 g/mol. The first kappa shape index (κ1) is 47.0. The van der Waals surface area contributed by atoms with E-state index in [1.54, 1.807) is 32.2 Å². The molecule has 0 radical (unpaired) electrons. The number of hydrogen-bond acceptors (Lipinski definition) is 11. The number of fused-ring (bicyclic) bond motifs is 5. The van der Waals surface area contributed by atoms with Crippen LogP contribution in [0.15, 0.2) is 36.4 Å². The number of hydrogen-bond donors (Lipinski definition) is 4. The molecule has 13 nitrogen and oxygen atoms in total. The lowest BCUT2D eigenvalue weighted by Crippen LogP contribution is -2.45. The maximum absolute atomic E-state index is 14.4. The molecule has 7 N–H and O–H groups in total. The van der Waals surface area contributed by atoms with E-state index < -0.39 is 23.9 Å². The van der Waals surface area contributed by atoms with E-state index in [9.17, 15) is 24.4 Å². The summed E-state index contributed by atoms with van der Waals surface area (Å²) in [5.41, 5.74) is 20.1. The molecule has 57 heavy (non-hydrogen) atoms. The summed E-state index contributed by atoms with van der Waals surface area (Å²) in [5, 5.41) is 12.1. The van der Waals surface area contributed by atoms with Crippen LogP contribution in [0, 0.1) is 17.2 Å².